The van der Waals surface area contributed by atoms with Crippen LogP contribution in [-0.4, -0.2) is 117 Å². The van der Waals surface area contributed by atoms with Crippen molar-refractivity contribution >= 4 is 35.6 Å². The Morgan fingerprint density at radius 1 is 0.491 bits per heavy atom. The average molecular weight is 769 g/mol. The molecule has 0 aliphatic rings. The van der Waals surface area contributed by atoms with Crippen LogP contribution in [-0.2, 0) is 23.9 Å². The first-order chi connectivity index (χ1) is 26.3. The van der Waals surface area contributed by atoms with Gasteiger partial charge in [-0.3, -0.25) is 28.8 Å². The lowest BCUT2D eigenvalue weighted by Gasteiger charge is -2.22. The number of esters is 2. The molecule has 0 aromatic heterocycles. The van der Waals surface area contributed by atoms with E-state index in [1.165, 1.54) is 59.5 Å². The van der Waals surface area contributed by atoms with Crippen molar-refractivity contribution in [2.75, 3.05) is 45.9 Å². The van der Waals surface area contributed by atoms with Crippen LogP contribution in [0.2, 0.25) is 0 Å². The van der Waals surface area contributed by atoms with Crippen molar-refractivity contribution in [1.82, 2.24) is 20.9 Å². The summed E-state index contributed by atoms with van der Waals surface area (Å²) in [7, 11) is 0. The molecule has 0 bridgehead atoms. The summed E-state index contributed by atoms with van der Waals surface area (Å²) < 4.78 is 10.5. The molecule has 18 nitrogen and oxygen atoms in total. The quantitative estimate of drug-likeness (QED) is 0.0424. The predicted molar refractivity (Wildman–Crippen MR) is 193 cm³/mol. The molecular weight excluding hydrogens is 724 g/mol. The van der Waals surface area contributed by atoms with Crippen LogP contribution >= 0.6 is 0 Å². The predicted octanol–water partition coefficient (Wildman–Crippen LogP) is 1.77. The average Bonchev–Trinajstić information content (AvgIpc) is 3.16. The number of hydrogen-bond acceptors (Lipinski definition) is 14. The Labute approximate surface area is 315 Å². The van der Waals surface area contributed by atoms with Gasteiger partial charge in [-0.1, -0.05) is 18.2 Å². The smallest absolute Gasteiger partial charge is 0.305 e. The number of phenolic OH excluding ortho intramolecular Hbond substituents is 6. The fraction of sp³-hybridized carbons (Fsp3) is 0.351. The summed E-state index contributed by atoms with van der Waals surface area (Å²) in [5.74, 6) is -6.67. The van der Waals surface area contributed by atoms with Gasteiger partial charge in [-0.15, -0.1) is 0 Å². The monoisotopic (exact) mass is 768 g/mol. The molecule has 18 heteroatoms. The minimum Gasteiger partial charge on any atom is -0.504 e. The number of nitrogens with zero attached hydrogens (tertiary/aromatic N) is 1. The van der Waals surface area contributed by atoms with Crippen LogP contribution in [0.1, 0.15) is 69.6 Å². The molecule has 0 aliphatic carbocycles. The molecule has 55 heavy (non-hydrogen) atoms. The van der Waals surface area contributed by atoms with Crippen LogP contribution in [0.5, 0.6) is 34.5 Å². The summed E-state index contributed by atoms with van der Waals surface area (Å²) >= 11 is 0. The number of carbonyl (C=O) groups excluding carboxylic acids is 6. The summed E-state index contributed by atoms with van der Waals surface area (Å²) in [5, 5.41) is 65.9. The second kappa shape index (κ2) is 21.7. The maximum Gasteiger partial charge on any atom is 0.305 e. The summed E-state index contributed by atoms with van der Waals surface area (Å²) in [6.07, 6.45) is 0.340. The van der Waals surface area contributed by atoms with Crippen molar-refractivity contribution in [1.29, 1.82) is 0 Å². The van der Waals surface area contributed by atoms with Gasteiger partial charge in [0.05, 0.1) is 29.8 Å². The topological polar surface area (TPSA) is 282 Å². The van der Waals surface area contributed by atoms with Crippen molar-refractivity contribution in [3.63, 3.8) is 0 Å². The summed E-state index contributed by atoms with van der Waals surface area (Å²) in [6.45, 7) is -0.364. The van der Waals surface area contributed by atoms with E-state index in [-0.39, 0.29) is 101 Å². The van der Waals surface area contributed by atoms with E-state index in [9.17, 15) is 59.4 Å². The third-order valence-electron chi connectivity index (χ3n) is 7.92. The fourth-order valence-corrected chi connectivity index (χ4v) is 4.94. The van der Waals surface area contributed by atoms with Gasteiger partial charge in [0, 0.05) is 38.9 Å². The van der Waals surface area contributed by atoms with E-state index in [1.54, 1.807) is 0 Å². The zero-order valence-electron chi connectivity index (χ0n) is 29.8. The fourth-order valence-electron chi connectivity index (χ4n) is 4.94. The van der Waals surface area contributed by atoms with Gasteiger partial charge in [-0.2, -0.15) is 0 Å². The van der Waals surface area contributed by atoms with Crippen LogP contribution < -0.4 is 16.0 Å². The van der Waals surface area contributed by atoms with Gasteiger partial charge in [0.1, 0.15) is 13.2 Å². The highest BCUT2D eigenvalue weighted by molar-refractivity contribution is 5.98. The molecule has 0 aliphatic heterocycles. The third kappa shape index (κ3) is 13.6. The normalized spacial score (nSPS) is 10.5. The van der Waals surface area contributed by atoms with Gasteiger partial charge in [-0.05, 0) is 55.7 Å². The zero-order chi connectivity index (χ0) is 40.3. The molecule has 0 spiro atoms. The van der Waals surface area contributed by atoms with Gasteiger partial charge >= 0.3 is 11.9 Å². The summed E-state index contributed by atoms with van der Waals surface area (Å²) in [4.78, 5) is 75.9. The molecule has 3 aromatic carbocycles. The van der Waals surface area contributed by atoms with E-state index >= 15 is 0 Å². The van der Waals surface area contributed by atoms with E-state index in [0.717, 1.165) is 0 Å². The van der Waals surface area contributed by atoms with E-state index in [1.807, 2.05) is 0 Å². The number of para-hydroxylation sites is 3. The molecule has 0 atom stereocenters. The Morgan fingerprint density at radius 2 is 0.818 bits per heavy atom. The van der Waals surface area contributed by atoms with Crippen molar-refractivity contribution in [2.45, 2.75) is 38.5 Å². The number of nitrogens with one attached hydrogen (secondary N) is 3. The van der Waals surface area contributed by atoms with Crippen molar-refractivity contribution < 1.29 is 68.9 Å². The first-order valence-electron chi connectivity index (χ1n) is 17.3. The van der Waals surface area contributed by atoms with Gasteiger partial charge in [0.25, 0.3) is 17.7 Å². The molecular formula is C37H44N4O14. The molecule has 0 unspecified atom stereocenters. The highest BCUT2D eigenvalue weighted by Crippen LogP contribution is 2.29. The number of hydrogen-bond donors (Lipinski definition) is 9. The van der Waals surface area contributed by atoms with Crippen LogP contribution in [0, 0.1) is 0 Å². The number of phenols is 6. The van der Waals surface area contributed by atoms with E-state index in [2.05, 4.69) is 16.0 Å². The molecule has 0 saturated carbocycles. The highest BCUT2D eigenvalue weighted by atomic mass is 16.5. The number of ether oxygens (including phenoxy) is 2. The van der Waals surface area contributed by atoms with E-state index in [0.29, 0.717) is 0 Å². The lowest BCUT2D eigenvalue weighted by molar-refractivity contribution is -0.147. The lowest BCUT2D eigenvalue weighted by Crippen LogP contribution is -2.38. The Balaban J connectivity index is 1.43. The van der Waals surface area contributed by atoms with Crippen molar-refractivity contribution in [2.24, 2.45) is 0 Å². The zero-order valence-corrected chi connectivity index (χ0v) is 29.8. The number of amides is 4. The van der Waals surface area contributed by atoms with E-state index in [4.69, 9.17) is 9.47 Å². The van der Waals surface area contributed by atoms with Crippen LogP contribution in [0.25, 0.3) is 0 Å². The van der Waals surface area contributed by atoms with E-state index < -0.39 is 70.1 Å². The Kier molecular flexibility index (Phi) is 16.9. The number of rotatable bonds is 21. The molecule has 4 amide bonds. The summed E-state index contributed by atoms with van der Waals surface area (Å²) in [5.41, 5.74) is -0.408. The molecule has 0 saturated heterocycles. The van der Waals surface area contributed by atoms with Crippen molar-refractivity contribution in [3.05, 3.63) is 71.3 Å². The molecule has 9 N–H and O–H groups in total. The Hall–Kier alpha value is -6.72. The maximum absolute atomic E-state index is 13.1. The van der Waals surface area contributed by atoms with Crippen LogP contribution in [0.3, 0.4) is 0 Å². The SMILES string of the molecule is O=C(CCCNC(=O)c1cccc(O)c1O)OCCN(CCOC(=O)CCCNC(=O)c1cccc(O)c1O)C(=O)CCCNC(=O)c1cccc(O)c1O. The minimum absolute atomic E-state index is 0.0423. The number of carbonyl (C=O) groups is 6. The standard InChI is InChI=1S/C37H44N4O14/c42-26-10-1-7-23(32(26)48)35(51)38-16-4-13-29(45)41(19-21-54-30(46)14-5-17-39-36(52)24-8-2-11-27(43)33(24)49)20-22-55-31(47)15-6-18-40-37(53)25-9-3-12-28(44)34(25)50/h1-3,7-12,42-44,48-50H,4-6,13-22H2,(H,38,51)(H,39,52)(H,40,53). The number of benzene rings is 3. The largest absolute Gasteiger partial charge is 0.504 e. The second-order valence-corrected chi connectivity index (χ2v) is 11.9. The molecule has 3 aromatic rings. The minimum atomic E-state index is -0.661. The summed E-state index contributed by atoms with van der Waals surface area (Å²) in [6, 6.07) is 11.8. The highest BCUT2D eigenvalue weighted by Gasteiger charge is 2.18. The first kappa shape index (κ1) is 42.7. The van der Waals surface area contributed by atoms with Crippen LogP contribution in [0.4, 0.5) is 0 Å². The molecule has 0 radical (unpaired) electrons. The van der Waals surface area contributed by atoms with Gasteiger partial charge < -0.3 is 61.0 Å². The molecule has 0 fully saturated rings. The lowest BCUT2D eigenvalue weighted by atomic mass is 10.1. The molecule has 3 rings (SSSR count). The molecule has 296 valence electrons. The Bertz CT molecular complexity index is 1740. The Morgan fingerprint density at radius 3 is 1.16 bits per heavy atom. The van der Waals surface area contributed by atoms with Gasteiger partial charge in [0.2, 0.25) is 5.91 Å². The van der Waals surface area contributed by atoms with Gasteiger partial charge in [-0.25, -0.2) is 0 Å². The van der Waals surface area contributed by atoms with Crippen molar-refractivity contribution in [3.8, 4) is 34.5 Å². The second-order valence-electron chi connectivity index (χ2n) is 11.9. The number of aromatic hydroxyl groups is 6. The van der Waals surface area contributed by atoms with Gasteiger partial charge in [0.15, 0.2) is 34.5 Å². The van der Waals surface area contributed by atoms with Crippen LogP contribution in [0.15, 0.2) is 54.6 Å². The maximum atomic E-state index is 13.1. The third-order valence-corrected chi connectivity index (χ3v) is 7.92. The molecule has 0 heterocycles. The first-order valence-corrected chi connectivity index (χ1v) is 17.3.